The Bertz CT molecular complexity index is 656. The predicted octanol–water partition coefficient (Wildman–Crippen LogP) is 4.84. The van der Waals surface area contributed by atoms with Crippen molar-refractivity contribution in [1.82, 2.24) is 0 Å². The Hall–Kier alpha value is -2.10. The summed E-state index contributed by atoms with van der Waals surface area (Å²) < 4.78 is 0. The molecule has 1 aromatic rings. The van der Waals surface area contributed by atoms with Crippen molar-refractivity contribution >= 4 is 23.1 Å². The van der Waals surface area contributed by atoms with E-state index in [1.807, 2.05) is 13.8 Å². The van der Waals surface area contributed by atoms with Crippen LogP contribution in [0.25, 0.3) is 0 Å². The molecule has 24 heavy (non-hydrogen) atoms. The van der Waals surface area contributed by atoms with Crippen LogP contribution in [0.5, 0.6) is 0 Å². The molecule has 0 saturated carbocycles. The highest BCUT2D eigenvalue weighted by molar-refractivity contribution is 6.19. The molecule has 4 nitrogen and oxygen atoms in total. The molecule has 0 atom stereocenters. The SMILES string of the molecule is CCCCC(=O)c1ccc(C(C)=O)c(C(=O)CC)c1C(=O)CCC. The Morgan fingerprint density at radius 3 is 1.83 bits per heavy atom. The first kappa shape index (κ1) is 19.9. The number of hydrogen-bond acceptors (Lipinski definition) is 4. The van der Waals surface area contributed by atoms with E-state index in [0.717, 1.165) is 12.8 Å². The van der Waals surface area contributed by atoms with Gasteiger partial charge in [-0.2, -0.15) is 0 Å². The normalized spacial score (nSPS) is 10.5. The molecule has 0 aliphatic rings. The number of carbonyl (C=O) groups excluding carboxylic acids is 4. The molecule has 0 N–H and O–H groups in total. The number of unbranched alkanes of at least 4 members (excludes halogenated alkanes) is 1. The minimum absolute atomic E-state index is 0.130. The summed E-state index contributed by atoms with van der Waals surface area (Å²) in [6.45, 7) is 6.91. The first-order valence-electron chi connectivity index (χ1n) is 8.66. The lowest BCUT2D eigenvalue weighted by molar-refractivity contribution is 0.0930. The van der Waals surface area contributed by atoms with Crippen molar-refractivity contribution in [2.24, 2.45) is 0 Å². The molecule has 0 amide bonds. The van der Waals surface area contributed by atoms with Crippen molar-refractivity contribution in [2.45, 2.75) is 66.2 Å². The molecule has 0 aromatic heterocycles. The van der Waals surface area contributed by atoms with Crippen LogP contribution in [0.15, 0.2) is 12.1 Å². The lowest BCUT2D eigenvalue weighted by Gasteiger charge is -2.15. The van der Waals surface area contributed by atoms with Crippen LogP contribution in [0.2, 0.25) is 0 Å². The Labute approximate surface area is 143 Å². The van der Waals surface area contributed by atoms with E-state index < -0.39 is 0 Å². The van der Waals surface area contributed by atoms with E-state index in [1.165, 1.54) is 19.1 Å². The molecule has 4 heteroatoms. The maximum absolute atomic E-state index is 12.6. The number of benzene rings is 1. The van der Waals surface area contributed by atoms with Crippen LogP contribution in [0.1, 0.15) is 108 Å². The summed E-state index contributed by atoms with van der Waals surface area (Å²) in [5, 5.41) is 0. The van der Waals surface area contributed by atoms with Gasteiger partial charge in [-0.25, -0.2) is 0 Å². The van der Waals surface area contributed by atoms with Crippen LogP contribution in [0.3, 0.4) is 0 Å². The average molecular weight is 330 g/mol. The van der Waals surface area contributed by atoms with Crippen molar-refractivity contribution in [3.8, 4) is 0 Å². The summed E-state index contributed by atoms with van der Waals surface area (Å²) in [5.74, 6) is -0.927. The third kappa shape index (κ3) is 4.47. The highest BCUT2D eigenvalue weighted by Gasteiger charge is 2.27. The van der Waals surface area contributed by atoms with E-state index in [-0.39, 0.29) is 58.2 Å². The van der Waals surface area contributed by atoms with Gasteiger partial charge >= 0.3 is 0 Å². The molecular weight excluding hydrogens is 304 g/mol. The van der Waals surface area contributed by atoms with Crippen LogP contribution >= 0.6 is 0 Å². The molecular formula is C20H26O4. The van der Waals surface area contributed by atoms with E-state index in [2.05, 4.69) is 0 Å². The van der Waals surface area contributed by atoms with Gasteiger partial charge in [0.15, 0.2) is 23.1 Å². The summed E-state index contributed by atoms with van der Waals surface area (Å²) in [5.41, 5.74) is 0.792. The molecule has 0 aliphatic carbocycles. The second kappa shape index (κ2) is 9.26. The summed E-state index contributed by atoms with van der Waals surface area (Å²) in [6.07, 6.45) is 2.98. The topological polar surface area (TPSA) is 68.3 Å². The van der Waals surface area contributed by atoms with Crippen LogP contribution < -0.4 is 0 Å². The minimum atomic E-state index is -0.273. The van der Waals surface area contributed by atoms with Crippen molar-refractivity contribution < 1.29 is 19.2 Å². The minimum Gasteiger partial charge on any atom is -0.294 e. The van der Waals surface area contributed by atoms with Gasteiger partial charge in [-0.15, -0.1) is 0 Å². The second-order valence-corrected chi connectivity index (χ2v) is 5.94. The largest absolute Gasteiger partial charge is 0.294 e. The maximum atomic E-state index is 12.6. The number of hydrogen-bond donors (Lipinski definition) is 0. The quantitative estimate of drug-likeness (QED) is 0.576. The van der Waals surface area contributed by atoms with Crippen molar-refractivity contribution in [3.05, 3.63) is 34.4 Å². The third-order valence-electron chi connectivity index (χ3n) is 4.00. The summed E-state index contributed by atoms with van der Waals surface area (Å²) in [4.78, 5) is 49.5. The van der Waals surface area contributed by atoms with Crippen molar-refractivity contribution in [3.63, 3.8) is 0 Å². The van der Waals surface area contributed by atoms with Gasteiger partial charge in [-0.1, -0.05) is 27.2 Å². The lowest BCUT2D eigenvalue weighted by atomic mass is 9.85. The molecule has 0 heterocycles. The van der Waals surface area contributed by atoms with E-state index in [0.29, 0.717) is 12.8 Å². The standard InChI is InChI=1S/C20H26O4/c1-5-8-10-17(23)15-12-11-14(13(4)21)19(16(22)7-3)20(15)18(24)9-6-2/h11-12H,5-10H2,1-4H3. The van der Waals surface area contributed by atoms with Gasteiger partial charge in [0, 0.05) is 41.5 Å². The predicted molar refractivity (Wildman–Crippen MR) is 94.2 cm³/mol. The molecule has 0 aliphatic heterocycles. The number of ketones is 4. The fourth-order valence-corrected chi connectivity index (χ4v) is 2.71. The number of carbonyl (C=O) groups is 4. The summed E-state index contributed by atoms with van der Waals surface area (Å²) in [6, 6.07) is 3.04. The lowest BCUT2D eigenvalue weighted by Crippen LogP contribution is -2.19. The Morgan fingerprint density at radius 1 is 0.750 bits per heavy atom. The monoisotopic (exact) mass is 330 g/mol. The average Bonchev–Trinajstić information content (AvgIpc) is 2.57. The highest BCUT2D eigenvalue weighted by atomic mass is 16.1. The highest BCUT2D eigenvalue weighted by Crippen LogP contribution is 2.25. The molecule has 0 saturated heterocycles. The van der Waals surface area contributed by atoms with Gasteiger partial charge in [-0.05, 0) is 31.9 Å². The summed E-state index contributed by atoms with van der Waals surface area (Å²) >= 11 is 0. The number of Topliss-reactive ketones (excluding diaryl/α,β-unsaturated/α-hetero) is 4. The molecule has 130 valence electrons. The fourth-order valence-electron chi connectivity index (χ4n) is 2.71. The van der Waals surface area contributed by atoms with Crippen LogP contribution in [-0.4, -0.2) is 23.1 Å². The Kier molecular flexibility index (Phi) is 7.69. The van der Waals surface area contributed by atoms with Gasteiger partial charge < -0.3 is 0 Å². The fraction of sp³-hybridized carbons (Fsp3) is 0.500. The van der Waals surface area contributed by atoms with Gasteiger partial charge in [0.25, 0.3) is 0 Å². The van der Waals surface area contributed by atoms with Crippen molar-refractivity contribution in [2.75, 3.05) is 0 Å². The molecule has 1 aromatic carbocycles. The van der Waals surface area contributed by atoms with Crippen LogP contribution in [-0.2, 0) is 0 Å². The Morgan fingerprint density at radius 2 is 1.33 bits per heavy atom. The third-order valence-corrected chi connectivity index (χ3v) is 4.00. The number of rotatable bonds is 10. The maximum Gasteiger partial charge on any atom is 0.164 e. The molecule has 0 unspecified atom stereocenters. The van der Waals surface area contributed by atoms with Crippen LogP contribution in [0, 0.1) is 0 Å². The zero-order valence-corrected chi connectivity index (χ0v) is 15.0. The molecule has 0 spiro atoms. The van der Waals surface area contributed by atoms with E-state index in [1.54, 1.807) is 6.92 Å². The van der Waals surface area contributed by atoms with Gasteiger partial charge in [-0.3, -0.25) is 19.2 Å². The van der Waals surface area contributed by atoms with E-state index in [4.69, 9.17) is 0 Å². The van der Waals surface area contributed by atoms with Crippen LogP contribution in [0.4, 0.5) is 0 Å². The first-order chi connectivity index (χ1) is 11.4. The van der Waals surface area contributed by atoms with Gasteiger partial charge in [0.05, 0.1) is 0 Å². The zero-order chi connectivity index (χ0) is 18.3. The molecule has 0 bridgehead atoms. The molecule has 1 rings (SSSR count). The van der Waals surface area contributed by atoms with Crippen molar-refractivity contribution in [1.29, 1.82) is 0 Å². The second-order valence-electron chi connectivity index (χ2n) is 5.94. The zero-order valence-electron chi connectivity index (χ0n) is 15.0. The van der Waals surface area contributed by atoms with E-state index in [9.17, 15) is 19.2 Å². The Balaban J connectivity index is 3.65. The first-order valence-corrected chi connectivity index (χ1v) is 8.66. The smallest absolute Gasteiger partial charge is 0.164 e. The van der Waals surface area contributed by atoms with E-state index >= 15 is 0 Å². The van der Waals surface area contributed by atoms with Gasteiger partial charge in [0.1, 0.15) is 0 Å². The molecule has 0 fully saturated rings. The summed E-state index contributed by atoms with van der Waals surface area (Å²) in [7, 11) is 0. The van der Waals surface area contributed by atoms with Gasteiger partial charge in [0.2, 0.25) is 0 Å². The molecule has 0 radical (unpaired) electrons.